The van der Waals surface area contributed by atoms with E-state index >= 15 is 0 Å². The van der Waals surface area contributed by atoms with Crippen molar-refractivity contribution >= 4 is 40.0 Å². The number of thioether (sulfide) groups is 1. The van der Waals surface area contributed by atoms with Gasteiger partial charge in [-0.25, -0.2) is 4.98 Å². The first kappa shape index (κ1) is 14.3. The van der Waals surface area contributed by atoms with Gasteiger partial charge in [0.2, 0.25) is 0 Å². The van der Waals surface area contributed by atoms with Crippen molar-refractivity contribution in [3.63, 3.8) is 0 Å². The second-order valence-corrected chi connectivity index (χ2v) is 8.04. The van der Waals surface area contributed by atoms with Crippen molar-refractivity contribution in [2.45, 2.75) is 30.4 Å². The molecule has 0 spiro atoms. The summed E-state index contributed by atoms with van der Waals surface area (Å²) in [6, 6.07) is 0. The van der Waals surface area contributed by atoms with Gasteiger partial charge in [0, 0.05) is 29.5 Å². The Balaban J connectivity index is 2.00. The molecule has 0 aromatic carbocycles. The summed E-state index contributed by atoms with van der Waals surface area (Å²) in [4.78, 5) is 5.85. The molecule has 2 aromatic rings. The maximum absolute atomic E-state index is 8.96. The molecule has 5 heteroatoms. The Labute approximate surface area is 131 Å². The minimum absolute atomic E-state index is 0.273. The van der Waals surface area contributed by atoms with Gasteiger partial charge in [0.15, 0.2) is 0 Å². The lowest BCUT2D eigenvalue weighted by molar-refractivity contribution is 0.296. The third-order valence-electron chi connectivity index (χ3n) is 3.38. The molecule has 1 aliphatic carbocycles. The summed E-state index contributed by atoms with van der Waals surface area (Å²) in [6.07, 6.45) is 7.34. The van der Waals surface area contributed by atoms with Crippen LogP contribution in [0.15, 0.2) is 21.9 Å². The summed E-state index contributed by atoms with van der Waals surface area (Å²) in [5.74, 6) is 0.980. The molecule has 106 valence electrons. The molecule has 0 unspecified atom stereocenters. The molecule has 1 N–H and O–H groups in total. The van der Waals surface area contributed by atoms with Crippen molar-refractivity contribution < 1.29 is 5.11 Å². The van der Waals surface area contributed by atoms with Crippen LogP contribution in [0.4, 0.5) is 0 Å². The topological polar surface area (TPSA) is 33.1 Å². The van der Waals surface area contributed by atoms with Crippen LogP contribution in [0, 0.1) is 0 Å². The van der Waals surface area contributed by atoms with E-state index in [1.165, 1.54) is 25.8 Å². The highest BCUT2D eigenvalue weighted by Crippen LogP contribution is 2.47. The molecule has 3 rings (SSSR count). The van der Waals surface area contributed by atoms with Crippen LogP contribution < -0.4 is 0 Å². The lowest BCUT2D eigenvalue weighted by Gasteiger charge is -2.13. The minimum atomic E-state index is 0.273. The zero-order valence-electron chi connectivity index (χ0n) is 11.4. The fourth-order valence-corrected chi connectivity index (χ4v) is 5.99. The van der Waals surface area contributed by atoms with Gasteiger partial charge in [-0.3, -0.25) is 0 Å². The van der Waals surface area contributed by atoms with Gasteiger partial charge < -0.3 is 5.11 Å². The lowest BCUT2D eigenvalue weighted by atomic mass is 9.94. The number of hydrogen-bond donors (Lipinski definition) is 1. The van der Waals surface area contributed by atoms with E-state index in [4.69, 9.17) is 5.11 Å². The van der Waals surface area contributed by atoms with Crippen LogP contribution in [-0.4, -0.2) is 22.5 Å². The zero-order valence-corrected chi connectivity index (χ0v) is 13.8. The molecule has 0 fully saturated rings. The molecule has 0 radical (unpaired) electrons. The number of allylic oxidation sites excluding steroid dienone is 2. The van der Waals surface area contributed by atoms with Gasteiger partial charge in [-0.05, 0) is 37.3 Å². The maximum Gasteiger partial charge on any atom is 0.133 e. The average molecular weight is 324 g/mol. The van der Waals surface area contributed by atoms with Crippen molar-refractivity contribution in [3.8, 4) is 9.88 Å². The number of nitrogens with zero attached hydrogens (tertiary/aromatic N) is 1. The van der Waals surface area contributed by atoms with Crippen LogP contribution in [0.25, 0.3) is 15.5 Å². The SMILES string of the molecule is CC1=CCCc2c(-c3nccs3)sc(SCCCO)c21. The largest absolute Gasteiger partial charge is 0.396 e. The molecule has 2 nitrogen and oxygen atoms in total. The standard InChI is InChI=1S/C15H17NOS3/c1-10-4-2-5-11-12(10)15(19-8-3-7-17)20-13(11)14-16-6-9-18-14/h4,6,9,17H,2-3,5,7-8H2,1H3. The summed E-state index contributed by atoms with van der Waals surface area (Å²) in [5.41, 5.74) is 4.32. The van der Waals surface area contributed by atoms with E-state index in [0.29, 0.717) is 0 Å². The number of thiophene rings is 1. The van der Waals surface area contributed by atoms with Crippen molar-refractivity contribution in [1.82, 2.24) is 4.98 Å². The Morgan fingerprint density at radius 1 is 1.45 bits per heavy atom. The van der Waals surface area contributed by atoms with Gasteiger partial charge in [-0.15, -0.1) is 34.4 Å². The normalized spacial score (nSPS) is 14.2. The molecule has 20 heavy (non-hydrogen) atoms. The molecule has 1 aliphatic rings. The average Bonchev–Trinajstić information content (AvgIpc) is 3.07. The van der Waals surface area contributed by atoms with E-state index in [1.54, 1.807) is 11.3 Å². The predicted octanol–water partition coefficient (Wildman–Crippen LogP) is 4.70. The fraction of sp³-hybridized carbons (Fsp3) is 0.400. The Bertz CT molecular complexity index is 613. The van der Waals surface area contributed by atoms with Crippen molar-refractivity contribution in [3.05, 3.63) is 28.8 Å². The van der Waals surface area contributed by atoms with Gasteiger partial charge in [-0.1, -0.05) is 6.08 Å². The fourth-order valence-electron chi connectivity index (χ4n) is 2.45. The summed E-state index contributed by atoms with van der Waals surface area (Å²) in [5, 5.41) is 12.2. The van der Waals surface area contributed by atoms with E-state index in [-0.39, 0.29) is 6.61 Å². The molecule has 0 amide bonds. The summed E-state index contributed by atoms with van der Waals surface area (Å²) in [7, 11) is 0. The molecule has 2 heterocycles. The minimum Gasteiger partial charge on any atom is -0.396 e. The van der Waals surface area contributed by atoms with Gasteiger partial charge in [0.25, 0.3) is 0 Å². The smallest absolute Gasteiger partial charge is 0.133 e. The summed E-state index contributed by atoms with van der Waals surface area (Å²) < 4.78 is 1.40. The quantitative estimate of drug-likeness (QED) is 0.640. The van der Waals surface area contributed by atoms with Crippen LogP contribution in [0.5, 0.6) is 0 Å². The lowest BCUT2D eigenvalue weighted by Crippen LogP contribution is -1.97. The number of thiazole rings is 1. The molecule has 0 aliphatic heterocycles. The Morgan fingerprint density at radius 2 is 2.35 bits per heavy atom. The maximum atomic E-state index is 8.96. The molecule has 0 saturated heterocycles. The van der Waals surface area contributed by atoms with Crippen molar-refractivity contribution in [1.29, 1.82) is 0 Å². The third-order valence-corrected chi connectivity index (χ3v) is 6.89. The van der Waals surface area contributed by atoms with Gasteiger partial charge in [-0.2, -0.15) is 0 Å². The van der Waals surface area contributed by atoms with Crippen LogP contribution in [-0.2, 0) is 6.42 Å². The van der Waals surface area contributed by atoms with Crippen molar-refractivity contribution in [2.24, 2.45) is 0 Å². The van der Waals surface area contributed by atoms with Gasteiger partial charge in [0.05, 0.1) is 9.09 Å². The molecular weight excluding hydrogens is 306 g/mol. The second kappa shape index (κ2) is 6.43. The second-order valence-electron chi connectivity index (χ2n) is 4.76. The highest BCUT2D eigenvalue weighted by atomic mass is 32.2. The van der Waals surface area contributed by atoms with Crippen LogP contribution in [0.3, 0.4) is 0 Å². The van der Waals surface area contributed by atoms with Gasteiger partial charge >= 0.3 is 0 Å². The van der Waals surface area contributed by atoms with E-state index in [0.717, 1.165) is 30.0 Å². The van der Waals surface area contributed by atoms with E-state index in [1.807, 2.05) is 34.7 Å². The number of aromatic nitrogens is 1. The van der Waals surface area contributed by atoms with Crippen LogP contribution in [0.2, 0.25) is 0 Å². The zero-order chi connectivity index (χ0) is 13.9. The summed E-state index contributed by atoms with van der Waals surface area (Å²) in [6.45, 7) is 2.49. The molecule has 2 aromatic heterocycles. The highest BCUT2D eigenvalue weighted by molar-refractivity contribution is 8.01. The van der Waals surface area contributed by atoms with Crippen LogP contribution >= 0.6 is 34.4 Å². The Kier molecular flexibility index (Phi) is 4.61. The molecule has 0 saturated carbocycles. The van der Waals surface area contributed by atoms with Gasteiger partial charge in [0.1, 0.15) is 5.01 Å². The predicted molar refractivity (Wildman–Crippen MR) is 89.8 cm³/mol. The Hall–Kier alpha value is -0.620. The van der Waals surface area contributed by atoms with Crippen molar-refractivity contribution in [2.75, 3.05) is 12.4 Å². The third kappa shape index (κ3) is 2.72. The molecular formula is C15H17NOS3. The molecule has 0 bridgehead atoms. The van der Waals surface area contributed by atoms with Crippen LogP contribution in [0.1, 0.15) is 30.9 Å². The first-order chi connectivity index (χ1) is 9.81. The summed E-state index contributed by atoms with van der Waals surface area (Å²) >= 11 is 5.47. The number of aliphatic hydroxyl groups is 1. The number of fused-ring (bicyclic) bond motifs is 1. The number of rotatable bonds is 5. The van der Waals surface area contributed by atoms with E-state index < -0.39 is 0 Å². The first-order valence-corrected chi connectivity index (χ1v) is 9.45. The number of hydrogen-bond acceptors (Lipinski definition) is 5. The number of aliphatic hydroxyl groups excluding tert-OH is 1. The highest BCUT2D eigenvalue weighted by Gasteiger charge is 2.23. The van der Waals surface area contributed by atoms with E-state index in [9.17, 15) is 0 Å². The van der Waals surface area contributed by atoms with E-state index in [2.05, 4.69) is 18.0 Å². The monoisotopic (exact) mass is 323 g/mol. The first-order valence-electron chi connectivity index (χ1n) is 6.77. The molecule has 0 atom stereocenters. The Morgan fingerprint density at radius 3 is 3.10 bits per heavy atom.